The zero-order valence-corrected chi connectivity index (χ0v) is 12.0. The highest BCUT2D eigenvalue weighted by atomic mass is 79.9. The molecule has 0 N–H and O–H groups in total. The lowest BCUT2D eigenvalue weighted by molar-refractivity contribution is 0.405. The van der Waals surface area contributed by atoms with E-state index >= 15 is 0 Å². The summed E-state index contributed by atoms with van der Waals surface area (Å²) < 4.78 is 25.2. The third-order valence-electron chi connectivity index (χ3n) is 2.29. The second-order valence-corrected chi connectivity index (χ2v) is 7.35. The highest BCUT2D eigenvalue weighted by Crippen LogP contribution is 2.19. The van der Waals surface area contributed by atoms with Gasteiger partial charge in [-0.2, -0.15) is 0 Å². The molecule has 3 nitrogen and oxygen atoms in total. The van der Waals surface area contributed by atoms with Crippen molar-refractivity contribution in [1.29, 1.82) is 0 Å². The lowest BCUT2D eigenvalue weighted by atomic mass is 10.4. The van der Waals surface area contributed by atoms with E-state index in [0.717, 1.165) is 4.47 Å². The number of benzene rings is 1. The molecule has 0 unspecified atom stereocenters. The van der Waals surface area contributed by atoms with Crippen molar-refractivity contribution in [3.63, 3.8) is 0 Å². The van der Waals surface area contributed by atoms with Crippen LogP contribution < -0.4 is 0 Å². The molecule has 0 heterocycles. The monoisotopic (exact) mass is 305 g/mol. The molecule has 5 heteroatoms. The van der Waals surface area contributed by atoms with Crippen molar-refractivity contribution in [1.82, 2.24) is 4.90 Å². The maximum Gasteiger partial charge on any atom is 0.182 e. The Morgan fingerprint density at radius 2 is 1.75 bits per heavy atom. The first kappa shape index (κ1) is 13.7. The number of hydrogen-bond acceptors (Lipinski definition) is 3. The first-order valence-electron chi connectivity index (χ1n) is 4.98. The van der Waals surface area contributed by atoms with Crippen LogP contribution in [-0.2, 0) is 9.84 Å². The maximum atomic E-state index is 12.1. The zero-order valence-electron chi connectivity index (χ0n) is 9.64. The average molecular weight is 306 g/mol. The van der Waals surface area contributed by atoms with Gasteiger partial charge in [-0.1, -0.05) is 15.9 Å². The average Bonchev–Trinajstić information content (AvgIpc) is 2.17. The van der Waals surface area contributed by atoms with E-state index in [9.17, 15) is 8.42 Å². The molecular weight excluding hydrogens is 290 g/mol. The van der Waals surface area contributed by atoms with Gasteiger partial charge in [0.15, 0.2) is 9.84 Å². The molecule has 1 aromatic carbocycles. The molecule has 90 valence electrons. The molecule has 1 atom stereocenters. The minimum Gasteiger partial charge on any atom is -0.308 e. The second kappa shape index (κ2) is 5.29. The normalized spacial score (nSPS) is 14.1. The van der Waals surface area contributed by atoms with Crippen LogP contribution in [0.3, 0.4) is 0 Å². The molecule has 1 aromatic rings. The number of sulfone groups is 1. The van der Waals surface area contributed by atoms with Crippen LogP contribution in [0.4, 0.5) is 0 Å². The van der Waals surface area contributed by atoms with Gasteiger partial charge in [-0.15, -0.1) is 0 Å². The van der Waals surface area contributed by atoms with Crippen LogP contribution in [0.1, 0.15) is 6.92 Å². The van der Waals surface area contributed by atoms with E-state index in [4.69, 9.17) is 0 Å². The van der Waals surface area contributed by atoms with E-state index in [-0.39, 0.29) is 0 Å². The molecule has 0 spiro atoms. The van der Waals surface area contributed by atoms with Gasteiger partial charge in [-0.05, 0) is 45.3 Å². The Bertz CT molecular complexity index is 440. The smallest absolute Gasteiger partial charge is 0.182 e. The summed E-state index contributed by atoms with van der Waals surface area (Å²) in [5.74, 6) is 0. The predicted molar refractivity (Wildman–Crippen MR) is 69.3 cm³/mol. The van der Waals surface area contributed by atoms with Crippen LogP contribution in [-0.4, -0.2) is 39.2 Å². The maximum absolute atomic E-state index is 12.1. The number of halogens is 1. The Labute approximate surface area is 106 Å². The van der Waals surface area contributed by atoms with Crippen LogP contribution >= 0.6 is 15.9 Å². The van der Waals surface area contributed by atoms with Gasteiger partial charge in [0.1, 0.15) is 0 Å². The molecule has 0 fully saturated rings. The standard InChI is InChI=1S/C11H16BrNO2S/c1-9(8-13(2)3)16(14,15)11-6-4-10(12)5-7-11/h4-7,9H,8H2,1-3H3/t9-/m1/s1. The van der Waals surface area contributed by atoms with Gasteiger partial charge in [0, 0.05) is 11.0 Å². The van der Waals surface area contributed by atoms with Gasteiger partial charge in [0.25, 0.3) is 0 Å². The minimum absolute atomic E-state index is 0.380. The van der Waals surface area contributed by atoms with Crippen LogP contribution in [0.15, 0.2) is 33.6 Å². The zero-order chi connectivity index (χ0) is 12.3. The fourth-order valence-corrected chi connectivity index (χ4v) is 3.21. The highest BCUT2D eigenvalue weighted by molar-refractivity contribution is 9.10. The molecule has 0 aliphatic rings. The third-order valence-corrected chi connectivity index (χ3v) is 4.96. The molecule has 0 saturated carbocycles. The van der Waals surface area contributed by atoms with Crippen molar-refractivity contribution in [2.24, 2.45) is 0 Å². The fraction of sp³-hybridized carbons (Fsp3) is 0.455. The van der Waals surface area contributed by atoms with Gasteiger partial charge in [-0.3, -0.25) is 0 Å². The largest absolute Gasteiger partial charge is 0.308 e. The first-order valence-corrected chi connectivity index (χ1v) is 7.32. The summed E-state index contributed by atoms with van der Waals surface area (Å²) in [7, 11) is 0.524. The Morgan fingerprint density at radius 1 is 1.25 bits per heavy atom. The molecule has 0 saturated heterocycles. The van der Waals surface area contributed by atoms with E-state index in [1.165, 1.54) is 0 Å². The topological polar surface area (TPSA) is 37.4 Å². The number of hydrogen-bond donors (Lipinski definition) is 0. The van der Waals surface area contributed by atoms with Gasteiger partial charge in [-0.25, -0.2) is 8.42 Å². The van der Waals surface area contributed by atoms with Crippen molar-refractivity contribution in [3.8, 4) is 0 Å². The van der Waals surface area contributed by atoms with Gasteiger partial charge >= 0.3 is 0 Å². The van der Waals surface area contributed by atoms with Crippen LogP contribution in [0.2, 0.25) is 0 Å². The predicted octanol–water partition coefficient (Wildman–Crippen LogP) is 2.17. The van der Waals surface area contributed by atoms with Crippen LogP contribution in [0.5, 0.6) is 0 Å². The van der Waals surface area contributed by atoms with Crippen molar-refractivity contribution in [3.05, 3.63) is 28.7 Å². The Kier molecular flexibility index (Phi) is 4.52. The SMILES string of the molecule is C[C@H](CN(C)C)S(=O)(=O)c1ccc(Br)cc1. The Balaban J connectivity index is 2.97. The summed E-state index contributed by atoms with van der Waals surface area (Å²) >= 11 is 3.29. The first-order chi connectivity index (χ1) is 7.34. The van der Waals surface area contributed by atoms with E-state index in [2.05, 4.69) is 15.9 Å². The summed E-state index contributed by atoms with van der Waals surface area (Å²) in [4.78, 5) is 2.26. The summed E-state index contributed by atoms with van der Waals surface area (Å²) in [5, 5.41) is -0.399. The molecule has 0 aromatic heterocycles. The number of rotatable bonds is 4. The fourth-order valence-electron chi connectivity index (χ4n) is 1.47. The summed E-state index contributed by atoms with van der Waals surface area (Å²) in [5.41, 5.74) is 0. The van der Waals surface area contributed by atoms with Gasteiger partial charge in [0.2, 0.25) is 0 Å². The molecule has 0 bridgehead atoms. The van der Waals surface area contributed by atoms with Crippen LogP contribution in [0.25, 0.3) is 0 Å². The molecule has 0 radical (unpaired) electrons. The molecular formula is C11H16BrNO2S. The summed E-state index contributed by atoms with van der Waals surface area (Å²) in [6.45, 7) is 2.26. The van der Waals surface area contributed by atoms with Crippen molar-refractivity contribution < 1.29 is 8.42 Å². The summed E-state index contributed by atoms with van der Waals surface area (Å²) in [6, 6.07) is 6.75. The highest BCUT2D eigenvalue weighted by Gasteiger charge is 2.23. The number of nitrogens with zero attached hydrogens (tertiary/aromatic N) is 1. The van der Waals surface area contributed by atoms with Gasteiger partial charge in [0.05, 0.1) is 10.1 Å². The van der Waals surface area contributed by atoms with Crippen molar-refractivity contribution in [2.45, 2.75) is 17.1 Å². The summed E-state index contributed by atoms with van der Waals surface area (Å²) in [6.07, 6.45) is 0. The lowest BCUT2D eigenvalue weighted by Crippen LogP contribution is -2.30. The minimum atomic E-state index is -3.21. The molecule has 16 heavy (non-hydrogen) atoms. The van der Waals surface area contributed by atoms with E-state index < -0.39 is 15.1 Å². The van der Waals surface area contributed by atoms with Crippen molar-refractivity contribution in [2.75, 3.05) is 20.6 Å². The third kappa shape index (κ3) is 3.30. The Hall–Kier alpha value is -0.390. The van der Waals surface area contributed by atoms with Crippen LogP contribution in [0, 0.1) is 0 Å². The second-order valence-electron chi connectivity index (χ2n) is 4.07. The van der Waals surface area contributed by atoms with Gasteiger partial charge < -0.3 is 4.90 Å². The molecule has 0 aliphatic heterocycles. The molecule has 1 rings (SSSR count). The quantitative estimate of drug-likeness (QED) is 0.855. The van der Waals surface area contributed by atoms with E-state index in [1.54, 1.807) is 31.2 Å². The lowest BCUT2D eigenvalue weighted by Gasteiger charge is -2.17. The van der Waals surface area contributed by atoms with Crippen molar-refractivity contribution >= 4 is 25.8 Å². The van der Waals surface area contributed by atoms with E-state index in [0.29, 0.717) is 11.4 Å². The molecule has 0 amide bonds. The Morgan fingerprint density at radius 3 is 2.19 bits per heavy atom. The van der Waals surface area contributed by atoms with E-state index in [1.807, 2.05) is 19.0 Å². The molecule has 0 aliphatic carbocycles.